The standard InChI is InChI=1S/C19H18N6S/c1-25-7-5-14-16(10-25)26-19-17(14)18(21-11-22-19)24-23-9-12-2-3-15-13(8-12)4-6-20-15/h2-4,6,8-9,11,20H,5,7,10H2,1H3,(H,21,22,24)/b23-9+. The van der Waals surface area contributed by atoms with Crippen molar-refractivity contribution in [2.24, 2.45) is 5.10 Å². The summed E-state index contributed by atoms with van der Waals surface area (Å²) in [6.07, 6.45) is 6.41. The summed E-state index contributed by atoms with van der Waals surface area (Å²) in [5.74, 6) is 0.788. The van der Waals surface area contributed by atoms with Crippen molar-refractivity contribution in [1.82, 2.24) is 19.9 Å². The minimum atomic E-state index is 0.788. The van der Waals surface area contributed by atoms with E-state index >= 15 is 0 Å². The number of H-pyrrole nitrogens is 1. The molecule has 1 aliphatic rings. The van der Waals surface area contributed by atoms with E-state index in [0.29, 0.717) is 0 Å². The fourth-order valence-electron chi connectivity index (χ4n) is 3.46. The first-order valence-electron chi connectivity index (χ1n) is 8.58. The number of anilines is 1. The smallest absolute Gasteiger partial charge is 0.158 e. The third kappa shape index (κ3) is 2.65. The summed E-state index contributed by atoms with van der Waals surface area (Å²) in [6, 6.07) is 8.27. The molecule has 0 radical (unpaired) electrons. The van der Waals surface area contributed by atoms with Crippen molar-refractivity contribution in [3.05, 3.63) is 52.8 Å². The fourth-order valence-corrected chi connectivity index (χ4v) is 4.73. The fraction of sp³-hybridized carbons (Fsp3) is 0.211. The van der Waals surface area contributed by atoms with Crippen molar-refractivity contribution in [3.8, 4) is 0 Å². The van der Waals surface area contributed by atoms with E-state index in [2.05, 4.69) is 55.6 Å². The van der Waals surface area contributed by atoms with Gasteiger partial charge in [0.05, 0.1) is 11.6 Å². The maximum atomic E-state index is 4.46. The zero-order valence-corrected chi connectivity index (χ0v) is 15.2. The average molecular weight is 362 g/mol. The van der Waals surface area contributed by atoms with Gasteiger partial charge in [0.1, 0.15) is 11.2 Å². The van der Waals surface area contributed by atoms with Crippen molar-refractivity contribution in [3.63, 3.8) is 0 Å². The molecule has 0 spiro atoms. The van der Waals surface area contributed by atoms with Gasteiger partial charge >= 0.3 is 0 Å². The third-order valence-electron chi connectivity index (χ3n) is 4.79. The minimum Gasteiger partial charge on any atom is -0.361 e. The van der Waals surface area contributed by atoms with Gasteiger partial charge in [-0.25, -0.2) is 9.97 Å². The van der Waals surface area contributed by atoms with Gasteiger partial charge in [-0.3, -0.25) is 5.43 Å². The quantitative estimate of drug-likeness (QED) is 0.431. The van der Waals surface area contributed by atoms with E-state index in [1.54, 1.807) is 17.7 Å². The van der Waals surface area contributed by atoms with E-state index in [0.717, 1.165) is 46.6 Å². The SMILES string of the molecule is CN1CCc2c(sc3ncnc(N/N=C/c4ccc5[nH]ccc5c4)c23)C1. The van der Waals surface area contributed by atoms with E-state index in [9.17, 15) is 0 Å². The van der Waals surface area contributed by atoms with E-state index < -0.39 is 0 Å². The lowest BCUT2D eigenvalue weighted by Gasteiger charge is -2.22. The Balaban J connectivity index is 1.45. The molecule has 3 aromatic heterocycles. The molecule has 6 nitrogen and oxygen atoms in total. The number of likely N-dealkylation sites (N-methyl/N-ethyl adjacent to an activating group) is 1. The second-order valence-electron chi connectivity index (χ2n) is 6.59. The molecule has 5 rings (SSSR count). The zero-order valence-electron chi connectivity index (χ0n) is 14.4. The van der Waals surface area contributed by atoms with Gasteiger partial charge < -0.3 is 9.88 Å². The van der Waals surface area contributed by atoms with Crippen LogP contribution in [0.1, 0.15) is 16.0 Å². The van der Waals surface area contributed by atoms with Gasteiger partial charge in [0.25, 0.3) is 0 Å². The number of benzene rings is 1. The molecule has 0 bridgehead atoms. The molecule has 0 saturated carbocycles. The molecular weight excluding hydrogens is 344 g/mol. The topological polar surface area (TPSA) is 69.2 Å². The zero-order chi connectivity index (χ0) is 17.5. The van der Waals surface area contributed by atoms with Crippen molar-refractivity contribution in [2.45, 2.75) is 13.0 Å². The van der Waals surface area contributed by atoms with Gasteiger partial charge in [0.2, 0.25) is 0 Å². The van der Waals surface area contributed by atoms with Crippen molar-refractivity contribution >= 4 is 44.5 Å². The Morgan fingerprint density at radius 2 is 2.27 bits per heavy atom. The van der Waals surface area contributed by atoms with Crippen LogP contribution in [0, 0.1) is 0 Å². The van der Waals surface area contributed by atoms with Crippen LogP contribution < -0.4 is 5.43 Å². The molecule has 0 fully saturated rings. The van der Waals surface area contributed by atoms with Crippen molar-refractivity contribution in [1.29, 1.82) is 0 Å². The van der Waals surface area contributed by atoms with Gasteiger partial charge in [0.15, 0.2) is 5.82 Å². The Labute approximate surface area is 154 Å². The van der Waals surface area contributed by atoms with E-state index in [1.807, 2.05) is 18.5 Å². The summed E-state index contributed by atoms with van der Waals surface area (Å²) in [6.45, 7) is 2.04. The Kier molecular flexibility index (Phi) is 3.69. The second kappa shape index (κ2) is 6.19. The van der Waals surface area contributed by atoms with Crippen LogP contribution in [0.25, 0.3) is 21.1 Å². The maximum absolute atomic E-state index is 4.46. The van der Waals surface area contributed by atoms with Crippen LogP contribution in [-0.2, 0) is 13.0 Å². The summed E-state index contributed by atoms with van der Waals surface area (Å²) < 4.78 is 0. The van der Waals surface area contributed by atoms with E-state index in [4.69, 9.17) is 0 Å². The lowest BCUT2D eigenvalue weighted by Crippen LogP contribution is -2.25. The third-order valence-corrected chi connectivity index (χ3v) is 5.91. The van der Waals surface area contributed by atoms with E-state index in [-0.39, 0.29) is 0 Å². The number of aromatic amines is 1. The molecule has 1 aliphatic heterocycles. The Morgan fingerprint density at radius 3 is 3.23 bits per heavy atom. The van der Waals surface area contributed by atoms with Gasteiger partial charge in [0, 0.05) is 29.7 Å². The minimum absolute atomic E-state index is 0.788. The normalized spacial score (nSPS) is 15.1. The number of aromatic nitrogens is 3. The molecular formula is C19H18N6S. The average Bonchev–Trinajstić information content (AvgIpc) is 3.25. The van der Waals surface area contributed by atoms with Crippen LogP contribution in [0.15, 0.2) is 41.9 Å². The monoisotopic (exact) mass is 362 g/mol. The number of nitrogens with zero attached hydrogens (tertiary/aromatic N) is 4. The summed E-state index contributed by atoms with van der Waals surface area (Å²) in [5.41, 5.74) is 6.67. The Bertz CT molecular complexity index is 1130. The van der Waals surface area contributed by atoms with Gasteiger partial charge in [-0.15, -0.1) is 11.3 Å². The van der Waals surface area contributed by atoms with Crippen molar-refractivity contribution < 1.29 is 0 Å². The van der Waals surface area contributed by atoms with Gasteiger partial charge in [-0.05, 0) is 48.2 Å². The van der Waals surface area contributed by atoms with Crippen LogP contribution in [0.4, 0.5) is 5.82 Å². The van der Waals surface area contributed by atoms with Crippen LogP contribution in [0.3, 0.4) is 0 Å². The molecule has 26 heavy (non-hydrogen) atoms. The van der Waals surface area contributed by atoms with Crippen LogP contribution in [-0.4, -0.2) is 39.7 Å². The Hall–Kier alpha value is -2.77. The highest BCUT2D eigenvalue weighted by Crippen LogP contribution is 2.36. The van der Waals surface area contributed by atoms with Gasteiger partial charge in [-0.1, -0.05) is 6.07 Å². The van der Waals surface area contributed by atoms with Gasteiger partial charge in [-0.2, -0.15) is 5.10 Å². The highest BCUT2D eigenvalue weighted by molar-refractivity contribution is 7.18. The first-order valence-corrected chi connectivity index (χ1v) is 9.39. The molecule has 0 amide bonds. The second-order valence-corrected chi connectivity index (χ2v) is 7.67. The summed E-state index contributed by atoms with van der Waals surface area (Å²) in [7, 11) is 2.16. The highest BCUT2D eigenvalue weighted by Gasteiger charge is 2.21. The van der Waals surface area contributed by atoms with Crippen molar-refractivity contribution in [2.75, 3.05) is 19.0 Å². The number of hydrogen-bond donors (Lipinski definition) is 2. The number of thiophene rings is 1. The van der Waals surface area contributed by atoms with Crippen LogP contribution in [0.5, 0.6) is 0 Å². The number of fused-ring (bicyclic) bond motifs is 4. The first kappa shape index (κ1) is 15.5. The molecule has 0 saturated heterocycles. The predicted molar refractivity (Wildman–Crippen MR) is 107 cm³/mol. The largest absolute Gasteiger partial charge is 0.361 e. The Morgan fingerprint density at radius 1 is 1.31 bits per heavy atom. The van der Waals surface area contributed by atoms with Crippen LogP contribution in [0.2, 0.25) is 0 Å². The molecule has 2 N–H and O–H groups in total. The lowest BCUT2D eigenvalue weighted by atomic mass is 10.1. The predicted octanol–water partition coefficient (Wildman–Crippen LogP) is 3.61. The molecule has 0 aliphatic carbocycles. The van der Waals surface area contributed by atoms with E-state index in [1.165, 1.54) is 15.8 Å². The lowest BCUT2D eigenvalue weighted by molar-refractivity contribution is 0.318. The number of hydrogen-bond acceptors (Lipinski definition) is 6. The maximum Gasteiger partial charge on any atom is 0.158 e. The molecule has 0 unspecified atom stereocenters. The summed E-state index contributed by atoms with van der Waals surface area (Å²) in [5, 5.41) is 6.71. The first-order chi connectivity index (χ1) is 12.8. The number of nitrogens with one attached hydrogen (secondary N) is 2. The molecule has 4 aromatic rings. The highest BCUT2D eigenvalue weighted by atomic mass is 32.1. The van der Waals surface area contributed by atoms with Crippen LogP contribution >= 0.6 is 11.3 Å². The molecule has 130 valence electrons. The molecule has 0 atom stereocenters. The number of hydrazone groups is 1. The number of rotatable bonds is 3. The summed E-state index contributed by atoms with van der Waals surface area (Å²) in [4.78, 5) is 16.9. The molecule has 7 heteroatoms. The molecule has 4 heterocycles. The summed E-state index contributed by atoms with van der Waals surface area (Å²) >= 11 is 1.76. The molecule has 1 aromatic carbocycles.